The lowest BCUT2D eigenvalue weighted by atomic mass is 10.1. The zero-order chi connectivity index (χ0) is 22.5. The van der Waals surface area contributed by atoms with Crippen LogP contribution in [0.5, 0.6) is 0 Å². The summed E-state index contributed by atoms with van der Waals surface area (Å²) >= 11 is 0. The fourth-order valence-corrected chi connectivity index (χ4v) is 3.79. The molecule has 0 spiro atoms. The van der Waals surface area contributed by atoms with Gasteiger partial charge in [0, 0.05) is 13.1 Å². The Balaban J connectivity index is 1.50. The highest BCUT2D eigenvalue weighted by Crippen LogP contribution is 2.32. The molecule has 1 fully saturated rings. The van der Waals surface area contributed by atoms with Crippen LogP contribution in [0, 0.1) is 6.92 Å². The van der Waals surface area contributed by atoms with E-state index in [1.54, 1.807) is 0 Å². The van der Waals surface area contributed by atoms with Gasteiger partial charge < -0.3 is 10.2 Å². The van der Waals surface area contributed by atoms with E-state index in [1.165, 1.54) is 4.90 Å². The highest BCUT2D eigenvalue weighted by atomic mass is 16.2. The Kier molecular flexibility index (Phi) is 6.31. The first-order valence-corrected chi connectivity index (χ1v) is 10.6. The van der Waals surface area contributed by atoms with Crippen LogP contribution in [-0.4, -0.2) is 34.2 Å². The van der Waals surface area contributed by atoms with Gasteiger partial charge in [-0.1, -0.05) is 90.5 Å². The van der Waals surface area contributed by atoms with Crippen molar-refractivity contribution in [3.8, 4) is 0 Å². The molecular formula is C26H25N3O3. The molecule has 0 radical (unpaired) electrons. The van der Waals surface area contributed by atoms with E-state index in [0.717, 1.165) is 27.2 Å². The maximum Gasteiger partial charge on any atom is 0.328 e. The van der Waals surface area contributed by atoms with E-state index in [4.69, 9.17) is 0 Å². The van der Waals surface area contributed by atoms with E-state index in [9.17, 15) is 14.4 Å². The third-order valence-electron chi connectivity index (χ3n) is 5.51. The Bertz CT molecular complexity index is 1100. The number of urea groups is 1. The maximum absolute atomic E-state index is 13.2. The minimum atomic E-state index is -0.756. The highest BCUT2D eigenvalue weighted by molar-refractivity contribution is 6.06. The molecule has 1 atom stereocenters. The molecule has 1 N–H and O–H groups in total. The summed E-state index contributed by atoms with van der Waals surface area (Å²) in [5, 5.41) is 2.80. The Morgan fingerprint density at radius 2 is 1.47 bits per heavy atom. The van der Waals surface area contributed by atoms with Gasteiger partial charge in [-0.2, -0.15) is 0 Å². The molecule has 0 unspecified atom stereocenters. The van der Waals surface area contributed by atoms with Crippen molar-refractivity contribution in [3.05, 3.63) is 107 Å². The predicted molar refractivity (Wildman–Crippen MR) is 121 cm³/mol. The lowest BCUT2D eigenvalue weighted by Crippen LogP contribution is -2.41. The molecule has 32 heavy (non-hydrogen) atoms. The quantitative estimate of drug-likeness (QED) is 0.583. The van der Waals surface area contributed by atoms with Crippen LogP contribution in [-0.2, 0) is 22.7 Å². The first kappa shape index (κ1) is 21.3. The molecule has 0 aliphatic carbocycles. The Labute approximate surface area is 187 Å². The van der Waals surface area contributed by atoms with Gasteiger partial charge in [0.05, 0.1) is 0 Å². The number of rotatable bonds is 7. The van der Waals surface area contributed by atoms with Crippen LogP contribution in [0.25, 0.3) is 0 Å². The van der Waals surface area contributed by atoms with Crippen molar-refractivity contribution >= 4 is 17.8 Å². The van der Waals surface area contributed by atoms with Crippen LogP contribution < -0.4 is 5.32 Å². The molecule has 0 saturated carbocycles. The summed E-state index contributed by atoms with van der Waals surface area (Å²) in [6.45, 7) is 2.31. The summed E-state index contributed by atoms with van der Waals surface area (Å²) in [4.78, 5) is 41.6. The normalized spacial score (nSPS) is 15.8. The summed E-state index contributed by atoms with van der Waals surface area (Å²) in [7, 11) is 0. The molecule has 4 amide bonds. The molecular weight excluding hydrogens is 402 g/mol. The lowest BCUT2D eigenvalue weighted by Gasteiger charge is -2.22. The van der Waals surface area contributed by atoms with Crippen molar-refractivity contribution in [2.24, 2.45) is 0 Å². The zero-order valence-corrected chi connectivity index (χ0v) is 17.9. The monoisotopic (exact) mass is 427 g/mol. The van der Waals surface area contributed by atoms with Gasteiger partial charge in [-0.05, 0) is 23.6 Å². The predicted octanol–water partition coefficient (Wildman–Crippen LogP) is 3.82. The summed E-state index contributed by atoms with van der Waals surface area (Å²) in [5.41, 5.74) is 3.74. The molecule has 3 aromatic rings. The maximum atomic E-state index is 13.2. The van der Waals surface area contributed by atoms with Gasteiger partial charge in [0.2, 0.25) is 5.91 Å². The molecule has 1 aliphatic rings. The van der Waals surface area contributed by atoms with E-state index in [0.29, 0.717) is 6.54 Å². The number of amides is 4. The number of carbonyl (C=O) groups is 3. The third-order valence-corrected chi connectivity index (χ3v) is 5.51. The molecule has 6 heteroatoms. The number of imide groups is 1. The zero-order valence-electron chi connectivity index (χ0n) is 17.9. The van der Waals surface area contributed by atoms with Gasteiger partial charge in [-0.15, -0.1) is 0 Å². The molecule has 6 nitrogen and oxygen atoms in total. The average Bonchev–Trinajstić information content (AvgIpc) is 3.04. The van der Waals surface area contributed by atoms with Crippen LogP contribution in [0.3, 0.4) is 0 Å². The van der Waals surface area contributed by atoms with Crippen LogP contribution in [0.2, 0.25) is 0 Å². The van der Waals surface area contributed by atoms with E-state index in [1.807, 2.05) is 91.9 Å². The summed E-state index contributed by atoms with van der Waals surface area (Å²) in [6.07, 6.45) is 0. The van der Waals surface area contributed by atoms with Crippen molar-refractivity contribution in [2.45, 2.75) is 26.1 Å². The van der Waals surface area contributed by atoms with Crippen LogP contribution in [0.1, 0.15) is 28.3 Å². The smallest absolute Gasteiger partial charge is 0.328 e. The summed E-state index contributed by atoms with van der Waals surface area (Å²) in [5.74, 6) is -0.761. The second-order valence-corrected chi connectivity index (χ2v) is 7.90. The molecule has 3 aromatic carbocycles. The van der Waals surface area contributed by atoms with Crippen molar-refractivity contribution in [1.82, 2.24) is 15.1 Å². The SMILES string of the molecule is Cc1ccc(CNC(=O)CN2C(=O)[C@@H](c3ccccc3)N(Cc3ccccc3)C2=O)cc1. The van der Waals surface area contributed by atoms with Gasteiger partial charge in [0.25, 0.3) is 5.91 Å². The van der Waals surface area contributed by atoms with Crippen molar-refractivity contribution < 1.29 is 14.4 Å². The highest BCUT2D eigenvalue weighted by Gasteiger charge is 2.46. The third kappa shape index (κ3) is 4.70. The molecule has 0 bridgehead atoms. The minimum Gasteiger partial charge on any atom is -0.350 e. The van der Waals surface area contributed by atoms with Gasteiger partial charge in [0.1, 0.15) is 12.6 Å². The Morgan fingerprint density at radius 1 is 0.844 bits per heavy atom. The van der Waals surface area contributed by atoms with Gasteiger partial charge in [0.15, 0.2) is 0 Å². The van der Waals surface area contributed by atoms with Crippen molar-refractivity contribution in [2.75, 3.05) is 6.54 Å². The number of carbonyl (C=O) groups excluding carboxylic acids is 3. The fourth-order valence-electron chi connectivity index (χ4n) is 3.79. The molecule has 1 aliphatic heterocycles. The van der Waals surface area contributed by atoms with E-state index in [2.05, 4.69) is 5.32 Å². The number of benzene rings is 3. The first-order chi connectivity index (χ1) is 15.5. The van der Waals surface area contributed by atoms with Gasteiger partial charge in [-0.3, -0.25) is 14.5 Å². The summed E-state index contributed by atoms with van der Waals surface area (Å²) < 4.78 is 0. The molecule has 4 rings (SSSR count). The first-order valence-electron chi connectivity index (χ1n) is 10.6. The molecule has 0 aromatic heterocycles. The standard InChI is InChI=1S/C26H25N3O3/c1-19-12-14-20(15-13-19)16-27-23(30)18-29-25(31)24(22-10-6-3-7-11-22)28(26(29)32)17-21-8-4-2-5-9-21/h2-15,24H,16-18H2,1H3,(H,27,30)/t24-/m1/s1. The number of hydrogen-bond donors (Lipinski definition) is 1. The van der Waals surface area contributed by atoms with Crippen LogP contribution in [0.4, 0.5) is 4.79 Å². The lowest BCUT2D eigenvalue weighted by molar-refractivity contribution is -0.132. The number of nitrogens with one attached hydrogen (secondary N) is 1. The van der Waals surface area contributed by atoms with Gasteiger partial charge in [-0.25, -0.2) is 4.79 Å². The minimum absolute atomic E-state index is 0.284. The van der Waals surface area contributed by atoms with Crippen molar-refractivity contribution in [3.63, 3.8) is 0 Å². The topological polar surface area (TPSA) is 69.7 Å². The van der Waals surface area contributed by atoms with E-state index in [-0.39, 0.29) is 24.9 Å². The molecule has 1 saturated heterocycles. The Hall–Kier alpha value is -3.93. The van der Waals surface area contributed by atoms with Crippen LogP contribution >= 0.6 is 0 Å². The second kappa shape index (κ2) is 9.47. The molecule has 1 heterocycles. The second-order valence-electron chi connectivity index (χ2n) is 7.90. The van der Waals surface area contributed by atoms with E-state index < -0.39 is 12.1 Å². The average molecular weight is 428 g/mol. The number of aryl methyl sites for hydroxylation is 1. The van der Waals surface area contributed by atoms with Gasteiger partial charge >= 0.3 is 6.03 Å². The number of hydrogen-bond acceptors (Lipinski definition) is 3. The molecule has 162 valence electrons. The van der Waals surface area contributed by atoms with Crippen LogP contribution in [0.15, 0.2) is 84.9 Å². The largest absolute Gasteiger partial charge is 0.350 e. The van der Waals surface area contributed by atoms with E-state index >= 15 is 0 Å². The Morgan fingerprint density at radius 3 is 2.12 bits per heavy atom. The number of nitrogens with zero attached hydrogens (tertiary/aromatic N) is 2. The van der Waals surface area contributed by atoms with Crippen molar-refractivity contribution in [1.29, 1.82) is 0 Å². The summed E-state index contributed by atoms with van der Waals surface area (Å²) in [6, 6.07) is 25.3. The fraction of sp³-hybridized carbons (Fsp3) is 0.192.